The molecule has 1 saturated heterocycles. The van der Waals surface area contributed by atoms with Gasteiger partial charge in [0.1, 0.15) is 6.10 Å². The summed E-state index contributed by atoms with van der Waals surface area (Å²) in [5, 5.41) is 9.55. The van der Waals surface area contributed by atoms with Crippen molar-refractivity contribution in [2.45, 2.75) is 46.8 Å². The van der Waals surface area contributed by atoms with Crippen LogP contribution in [0.1, 0.15) is 39.8 Å². The summed E-state index contributed by atoms with van der Waals surface area (Å²) in [5.41, 5.74) is 3.62. The lowest BCUT2D eigenvalue weighted by atomic mass is 9.97. The molecule has 0 radical (unpaired) electrons. The van der Waals surface area contributed by atoms with E-state index < -0.39 is 6.10 Å². The fourth-order valence-electron chi connectivity index (χ4n) is 4.62. The molecule has 0 aromatic carbocycles. The minimum Gasteiger partial charge on any atom is -0.384 e. The number of aryl methyl sites for hydroxylation is 1. The third-order valence-corrected chi connectivity index (χ3v) is 6.00. The third kappa shape index (κ3) is 3.52. The Labute approximate surface area is 170 Å². The second-order valence-electron chi connectivity index (χ2n) is 9.77. The molecule has 1 fully saturated rings. The van der Waals surface area contributed by atoms with Crippen molar-refractivity contribution in [3.63, 3.8) is 0 Å². The van der Waals surface area contributed by atoms with Gasteiger partial charge in [0.15, 0.2) is 5.65 Å². The highest BCUT2D eigenvalue weighted by molar-refractivity contribution is 5.81. The van der Waals surface area contributed by atoms with Crippen molar-refractivity contribution in [1.82, 2.24) is 19.0 Å². The molecule has 1 N–H and O–H groups in total. The molecule has 3 heterocycles. The monoisotopic (exact) mass is 398 g/mol. The number of aliphatic hydroxyl groups excluding tert-OH is 1. The summed E-state index contributed by atoms with van der Waals surface area (Å²) in [6.07, 6.45) is 2.14. The minimum atomic E-state index is -0.945. The lowest BCUT2D eigenvalue weighted by molar-refractivity contribution is -0.138. The van der Waals surface area contributed by atoms with Crippen molar-refractivity contribution in [2.75, 3.05) is 13.1 Å². The fraction of sp³-hybridized carbons (Fsp3) is 0.591. The molecule has 3 unspecified atom stereocenters. The maximum atomic E-state index is 12.7. The van der Waals surface area contributed by atoms with E-state index in [0.717, 1.165) is 17.6 Å². The fourth-order valence-corrected chi connectivity index (χ4v) is 4.62. The number of hydrogen-bond acceptors (Lipinski definition) is 4. The summed E-state index contributed by atoms with van der Waals surface area (Å²) >= 11 is 0. The molecule has 4 rings (SSSR count). The molecule has 2 aliphatic rings. The van der Waals surface area contributed by atoms with Crippen LogP contribution in [0.5, 0.6) is 0 Å². The number of amides is 1. The van der Waals surface area contributed by atoms with E-state index in [1.54, 1.807) is 16.5 Å². The van der Waals surface area contributed by atoms with Crippen molar-refractivity contribution in [3.8, 4) is 0 Å². The SMILES string of the molecule is CC(O)C(=O)N1CC2C=C(c3ccc4c(n3)n(C)c(=O)n4CC(C)(C)C)CC2C1. The Kier molecular flexibility index (Phi) is 4.69. The zero-order valence-electron chi connectivity index (χ0n) is 17.8. The first-order valence-corrected chi connectivity index (χ1v) is 10.3. The van der Waals surface area contributed by atoms with E-state index in [-0.39, 0.29) is 17.0 Å². The Morgan fingerprint density at radius 3 is 2.66 bits per heavy atom. The Bertz CT molecular complexity index is 1050. The summed E-state index contributed by atoms with van der Waals surface area (Å²) in [6, 6.07) is 4.01. The Balaban J connectivity index is 1.62. The normalized spacial score (nSPS) is 22.8. The van der Waals surface area contributed by atoms with Gasteiger partial charge in [-0.15, -0.1) is 0 Å². The number of aromatic nitrogens is 3. The van der Waals surface area contributed by atoms with E-state index in [2.05, 4.69) is 26.8 Å². The van der Waals surface area contributed by atoms with E-state index in [0.29, 0.717) is 37.1 Å². The van der Waals surface area contributed by atoms with Gasteiger partial charge in [0, 0.05) is 26.7 Å². The highest BCUT2D eigenvalue weighted by Crippen LogP contribution is 2.40. The third-order valence-electron chi connectivity index (χ3n) is 6.00. The predicted molar refractivity (Wildman–Crippen MR) is 112 cm³/mol. The van der Waals surface area contributed by atoms with Gasteiger partial charge in [0.2, 0.25) is 0 Å². The molecule has 1 amide bonds. The minimum absolute atomic E-state index is 0.00240. The Hall–Kier alpha value is -2.41. The number of carbonyl (C=O) groups is 1. The Morgan fingerprint density at radius 1 is 1.31 bits per heavy atom. The molecule has 29 heavy (non-hydrogen) atoms. The largest absolute Gasteiger partial charge is 0.384 e. The van der Waals surface area contributed by atoms with Gasteiger partial charge in [-0.3, -0.25) is 13.9 Å². The predicted octanol–water partition coefficient (Wildman–Crippen LogP) is 2.02. The van der Waals surface area contributed by atoms with E-state index in [1.807, 2.05) is 16.7 Å². The summed E-state index contributed by atoms with van der Waals surface area (Å²) in [4.78, 5) is 31.4. The van der Waals surface area contributed by atoms with Crippen molar-refractivity contribution in [2.24, 2.45) is 24.3 Å². The molecule has 7 heteroatoms. The second kappa shape index (κ2) is 6.83. The van der Waals surface area contributed by atoms with Gasteiger partial charge in [-0.1, -0.05) is 26.8 Å². The van der Waals surface area contributed by atoms with Crippen LogP contribution in [0.25, 0.3) is 16.7 Å². The molecular formula is C22H30N4O3. The average molecular weight is 399 g/mol. The van der Waals surface area contributed by atoms with Gasteiger partial charge in [-0.05, 0) is 48.3 Å². The summed E-state index contributed by atoms with van der Waals surface area (Å²) in [7, 11) is 1.78. The number of allylic oxidation sites excluding steroid dienone is 1. The molecule has 0 spiro atoms. The number of aliphatic hydroxyl groups is 1. The zero-order valence-corrected chi connectivity index (χ0v) is 17.8. The van der Waals surface area contributed by atoms with Crippen molar-refractivity contribution in [1.29, 1.82) is 0 Å². The van der Waals surface area contributed by atoms with Crippen LogP contribution in [0.15, 0.2) is 23.0 Å². The highest BCUT2D eigenvalue weighted by Gasteiger charge is 2.39. The molecule has 2 aromatic rings. The van der Waals surface area contributed by atoms with Gasteiger partial charge in [0.05, 0.1) is 11.2 Å². The van der Waals surface area contributed by atoms with E-state index in [1.165, 1.54) is 12.5 Å². The van der Waals surface area contributed by atoms with E-state index in [9.17, 15) is 14.7 Å². The number of pyridine rings is 1. The van der Waals surface area contributed by atoms with E-state index >= 15 is 0 Å². The highest BCUT2D eigenvalue weighted by atomic mass is 16.3. The quantitative estimate of drug-likeness (QED) is 0.858. The average Bonchev–Trinajstić information content (AvgIpc) is 3.27. The number of rotatable bonds is 3. The van der Waals surface area contributed by atoms with Crippen LogP contribution < -0.4 is 5.69 Å². The number of nitrogens with zero attached hydrogens (tertiary/aromatic N) is 4. The molecule has 0 saturated carbocycles. The zero-order chi connectivity index (χ0) is 21.1. The molecule has 2 aromatic heterocycles. The van der Waals surface area contributed by atoms with Crippen LogP contribution in [-0.4, -0.2) is 49.2 Å². The van der Waals surface area contributed by atoms with Crippen molar-refractivity contribution in [3.05, 3.63) is 34.4 Å². The molecule has 0 bridgehead atoms. The maximum absolute atomic E-state index is 12.7. The molecule has 3 atom stereocenters. The van der Waals surface area contributed by atoms with Crippen molar-refractivity contribution < 1.29 is 9.90 Å². The topological polar surface area (TPSA) is 80.4 Å². The number of carbonyl (C=O) groups excluding carboxylic acids is 1. The molecule has 1 aliphatic heterocycles. The lowest BCUT2D eigenvalue weighted by Gasteiger charge is -2.19. The Morgan fingerprint density at radius 2 is 2.03 bits per heavy atom. The standard InChI is InChI=1S/C22H30N4O3/c1-13(27)20(28)25-10-15-8-14(9-16(15)11-25)17-6-7-18-19(23-17)24(5)21(29)26(18)12-22(2,3)4/h6-8,13,15-16,27H,9-12H2,1-5H3. The smallest absolute Gasteiger partial charge is 0.330 e. The number of fused-ring (bicyclic) bond motifs is 2. The second-order valence-corrected chi connectivity index (χ2v) is 9.77. The van der Waals surface area contributed by atoms with Gasteiger partial charge in [-0.2, -0.15) is 0 Å². The van der Waals surface area contributed by atoms with Crippen molar-refractivity contribution >= 4 is 22.6 Å². The summed E-state index contributed by atoms with van der Waals surface area (Å²) in [6.45, 7) is 9.85. The van der Waals surface area contributed by atoms with Crippen LogP contribution in [0.2, 0.25) is 0 Å². The van der Waals surface area contributed by atoms with Gasteiger partial charge in [0.25, 0.3) is 5.91 Å². The number of likely N-dealkylation sites (tertiary alicyclic amines) is 1. The molecule has 1 aliphatic carbocycles. The van der Waals surface area contributed by atoms with Crippen LogP contribution in [0.4, 0.5) is 0 Å². The first kappa shape index (κ1) is 19.9. The van der Waals surface area contributed by atoms with Crippen LogP contribution in [0.3, 0.4) is 0 Å². The summed E-state index contributed by atoms with van der Waals surface area (Å²) in [5.74, 6) is 0.489. The lowest BCUT2D eigenvalue weighted by Crippen LogP contribution is -2.36. The van der Waals surface area contributed by atoms with Crippen LogP contribution in [-0.2, 0) is 18.4 Å². The first-order chi connectivity index (χ1) is 13.5. The van der Waals surface area contributed by atoms with Crippen LogP contribution in [0, 0.1) is 17.3 Å². The van der Waals surface area contributed by atoms with Gasteiger partial charge >= 0.3 is 5.69 Å². The molecule has 156 valence electrons. The van der Waals surface area contributed by atoms with Gasteiger partial charge in [-0.25, -0.2) is 9.78 Å². The summed E-state index contributed by atoms with van der Waals surface area (Å²) < 4.78 is 3.44. The molecule has 7 nitrogen and oxygen atoms in total. The molecular weight excluding hydrogens is 368 g/mol. The number of imidazole rings is 1. The van der Waals surface area contributed by atoms with E-state index in [4.69, 9.17) is 4.98 Å². The number of hydrogen-bond donors (Lipinski definition) is 1. The first-order valence-electron chi connectivity index (χ1n) is 10.3. The maximum Gasteiger partial charge on any atom is 0.330 e. The van der Waals surface area contributed by atoms with Crippen LogP contribution >= 0.6 is 0 Å². The van der Waals surface area contributed by atoms with Gasteiger partial charge < -0.3 is 10.0 Å².